The SMILES string of the molecule is N[C@H](Cc1ccccc1)C(=O)O[C@H]1[C@@H](O)[C@H](n2ccc(=O)[nH]c2=O)O[C@@H]1CO. The van der Waals surface area contributed by atoms with Gasteiger partial charge < -0.3 is 25.4 Å². The molecule has 0 amide bonds. The molecule has 0 radical (unpaired) electrons. The molecule has 1 aromatic heterocycles. The van der Waals surface area contributed by atoms with Gasteiger partial charge in [-0.3, -0.25) is 19.1 Å². The number of nitrogens with two attached hydrogens (primary N) is 1. The third kappa shape index (κ3) is 4.20. The summed E-state index contributed by atoms with van der Waals surface area (Å²) < 4.78 is 11.7. The average Bonchev–Trinajstić information content (AvgIpc) is 2.98. The third-order valence-electron chi connectivity index (χ3n) is 4.47. The van der Waals surface area contributed by atoms with Crippen molar-refractivity contribution < 1.29 is 24.5 Å². The van der Waals surface area contributed by atoms with Gasteiger partial charge in [0.15, 0.2) is 12.3 Å². The molecule has 1 aromatic carbocycles. The van der Waals surface area contributed by atoms with Gasteiger partial charge >= 0.3 is 11.7 Å². The summed E-state index contributed by atoms with van der Waals surface area (Å²) in [7, 11) is 0. The van der Waals surface area contributed by atoms with Crippen molar-refractivity contribution in [1.82, 2.24) is 9.55 Å². The van der Waals surface area contributed by atoms with Crippen LogP contribution < -0.4 is 17.0 Å². The number of carbonyl (C=O) groups is 1. The van der Waals surface area contributed by atoms with E-state index in [9.17, 15) is 24.6 Å². The van der Waals surface area contributed by atoms with Crippen molar-refractivity contribution in [1.29, 1.82) is 0 Å². The zero-order chi connectivity index (χ0) is 20.3. The maximum atomic E-state index is 12.4. The molecule has 0 spiro atoms. The zero-order valence-corrected chi connectivity index (χ0v) is 14.8. The Morgan fingerprint density at radius 1 is 1.29 bits per heavy atom. The van der Waals surface area contributed by atoms with Gasteiger partial charge in [-0.25, -0.2) is 4.79 Å². The van der Waals surface area contributed by atoms with Gasteiger partial charge in [-0.05, 0) is 12.0 Å². The Morgan fingerprint density at radius 3 is 2.64 bits per heavy atom. The Balaban J connectivity index is 1.72. The first-order valence-corrected chi connectivity index (χ1v) is 8.66. The molecular weight excluding hydrogens is 370 g/mol. The van der Waals surface area contributed by atoms with Gasteiger partial charge in [0.1, 0.15) is 18.2 Å². The van der Waals surface area contributed by atoms with Gasteiger partial charge in [0.25, 0.3) is 5.56 Å². The molecular formula is C18H21N3O7. The van der Waals surface area contributed by atoms with E-state index in [0.29, 0.717) is 0 Å². The Hall–Kier alpha value is -2.79. The zero-order valence-electron chi connectivity index (χ0n) is 14.8. The first kappa shape index (κ1) is 20.0. The second kappa shape index (κ2) is 8.48. The monoisotopic (exact) mass is 391 g/mol. The van der Waals surface area contributed by atoms with Crippen molar-refractivity contribution in [2.75, 3.05) is 6.61 Å². The number of rotatable bonds is 6. The van der Waals surface area contributed by atoms with Gasteiger partial charge in [0.05, 0.1) is 6.61 Å². The van der Waals surface area contributed by atoms with Crippen molar-refractivity contribution >= 4 is 5.97 Å². The molecule has 2 heterocycles. The molecule has 1 saturated heterocycles. The molecule has 0 saturated carbocycles. The molecule has 0 unspecified atom stereocenters. The Kier molecular flexibility index (Phi) is 6.05. The highest BCUT2D eigenvalue weighted by Gasteiger charge is 2.47. The minimum atomic E-state index is -1.45. The van der Waals surface area contributed by atoms with Crippen molar-refractivity contribution in [3.05, 3.63) is 69.0 Å². The molecule has 0 aliphatic carbocycles. The van der Waals surface area contributed by atoms with Crippen molar-refractivity contribution in [3.63, 3.8) is 0 Å². The molecule has 3 rings (SSSR count). The van der Waals surface area contributed by atoms with E-state index in [1.807, 2.05) is 35.3 Å². The molecule has 10 nitrogen and oxygen atoms in total. The van der Waals surface area contributed by atoms with Crippen LogP contribution in [0.25, 0.3) is 0 Å². The van der Waals surface area contributed by atoms with E-state index in [0.717, 1.165) is 22.4 Å². The lowest BCUT2D eigenvalue weighted by molar-refractivity contribution is -0.158. The summed E-state index contributed by atoms with van der Waals surface area (Å²) in [5.41, 5.74) is 5.32. The van der Waals surface area contributed by atoms with Crippen LogP contribution in [-0.2, 0) is 20.7 Å². The summed E-state index contributed by atoms with van der Waals surface area (Å²) >= 11 is 0. The lowest BCUT2D eigenvalue weighted by Crippen LogP contribution is -2.44. The maximum absolute atomic E-state index is 12.4. The highest BCUT2D eigenvalue weighted by atomic mass is 16.6. The number of nitrogens with one attached hydrogen (secondary N) is 1. The molecule has 28 heavy (non-hydrogen) atoms. The quantitative estimate of drug-likeness (QED) is 0.423. The number of benzene rings is 1. The van der Waals surface area contributed by atoms with Crippen LogP contribution in [0.15, 0.2) is 52.2 Å². The van der Waals surface area contributed by atoms with E-state index in [1.54, 1.807) is 0 Å². The first-order valence-electron chi connectivity index (χ1n) is 8.66. The van der Waals surface area contributed by atoms with Crippen LogP contribution in [0, 0.1) is 0 Å². The molecule has 2 aromatic rings. The van der Waals surface area contributed by atoms with E-state index in [2.05, 4.69) is 0 Å². The summed E-state index contributed by atoms with van der Waals surface area (Å²) in [6.45, 7) is -0.558. The predicted molar refractivity (Wildman–Crippen MR) is 96.3 cm³/mol. The van der Waals surface area contributed by atoms with Crippen LogP contribution >= 0.6 is 0 Å². The second-order valence-corrected chi connectivity index (χ2v) is 6.45. The summed E-state index contributed by atoms with van der Waals surface area (Å²) in [4.78, 5) is 37.5. The number of nitrogens with zero attached hydrogens (tertiary/aromatic N) is 1. The Morgan fingerprint density at radius 2 is 2.00 bits per heavy atom. The molecule has 1 aliphatic heterocycles. The number of esters is 1. The summed E-state index contributed by atoms with van der Waals surface area (Å²) in [6, 6.07) is 9.20. The van der Waals surface area contributed by atoms with E-state index in [4.69, 9.17) is 15.2 Å². The van der Waals surface area contributed by atoms with Gasteiger partial charge in [-0.15, -0.1) is 0 Å². The number of aliphatic hydroxyl groups is 2. The normalized spacial score (nSPS) is 25.4. The van der Waals surface area contributed by atoms with Gasteiger partial charge in [-0.1, -0.05) is 30.3 Å². The number of aliphatic hydroxyl groups excluding tert-OH is 2. The van der Waals surface area contributed by atoms with E-state index < -0.39 is 54.4 Å². The molecule has 5 N–H and O–H groups in total. The topological polar surface area (TPSA) is 157 Å². The molecule has 150 valence electrons. The lowest BCUT2D eigenvalue weighted by atomic mass is 10.1. The number of hydrogen-bond acceptors (Lipinski definition) is 8. The predicted octanol–water partition coefficient (Wildman–Crippen LogP) is -1.73. The minimum Gasteiger partial charge on any atom is -0.455 e. The third-order valence-corrected chi connectivity index (χ3v) is 4.47. The molecule has 0 bridgehead atoms. The van der Waals surface area contributed by atoms with Crippen LogP contribution in [0.4, 0.5) is 0 Å². The molecule has 1 aliphatic rings. The fourth-order valence-electron chi connectivity index (χ4n) is 3.04. The number of H-pyrrole nitrogens is 1. The molecule has 1 fully saturated rings. The fourth-order valence-corrected chi connectivity index (χ4v) is 3.04. The minimum absolute atomic E-state index is 0.232. The van der Waals surface area contributed by atoms with Gasteiger partial charge in [-0.2, -0.15) is 0 Å². The van der Waals surface area contributed by atoms with Crippen molar-refractivity contribution in [3.8, 4) is 0 Å². The Bertz CT molecular complexity index is 927. The van der Waals surface area contributed by atoms with Crippen LogP contribution in [0.3, 0.4) is 0 Å². The number of hydrogen-bond donors (Lipinski definition) is 4. The number of aromatic amines is 1. The van der Waals surface area contributed by atoms with Gasteiger partial charge in [0.2, 0.25) is 0 Å². The lowest BCUT2D eigenvalue weighted by Gasteiger charge is -2.22. The summed E-state index contributed by atoms with van der Waals surface area (Å²) in [5.74, 6) is -0.774. The smallest absolute Gasteiger partial charge is 0.330 e. The van der Waals surface area contributed by atoms with Crippen LogP contribution in [0.2, 0.25) is 0 Å². The molecule has 10 heteroatoms. The van der Waals surface area contributed by atoms with Crippen LogP contribution in [0.5, 0.6) is 0 Å². The maximum Gasteiger partial charge on any atom is 0.330 e. The number of ether oxygens (including phenoxy) is 2. The first-order chi connectivity index (χ1) is 13.4. The van der Waals surface area contributed by atoms with Crippen LogP contribution in [0.1, 0.15) is 11.8 Å². The van der Waals surface area contributed by atoms with E-state index >= 15 is 0 Å². The summed E-state index contributed by atoms with van der Waals surface area (Å²) in [6.07, 6.45) is -3.61. The highest BCUT2D eigenvalue weighted by Crippen LogP contribution is 2.30. The van der Waals surface area contributed by atoms with E-state index in [1.165, 1.54) is 0 Å². The number of carbonyl (C=O) groups excluding carboxylic acids is 1. The standard InChI is InChI=1S/C18H21N3O7/c19-11(8-10-4-2-1-3-5-10)17(25)28-15-12(9-22)27-16(14(15)24)21-7-6-13(23)20-18(21)26/h1-7,11-12,14-16,22,24H,8-9,19H2,(H,20,23,26)/t11-,12-,14-,15-,16-/m1/s1. The van der Waals surface area contributed by atoms with Crippen molar-refractivity contribution in [2.24, 2.45) is 5.73 Å². The van der Waals surface area contributed by atoms with Gasteiger partial charge in [0, 0.05) is 12.3 Å². The van der Waals surface area contributed by atoms with E-state index in [-0.39, 0.29) is 6.42 Å². The second-order valence-electron chi connectivity index (χ2n) is 6.45. The largest absolute Gasteiger partial charge is 0.455 e. The van der Waals surface area contributed by atoms with Crippen molar-refractivity contribution in [2.45, 2.75) is 37.0 Å². The molecule has 5 atom stereocenters. The van der Waals surface area contributed by atoms with Crippen LogP contribution in [-0.4, -0.2) is 56.7 Å². The Labute approximate surface area is 159 Å². The summed E-state index contributed by atoms with van der Waals surface area (Å²) in [5, 5.41) is 20.0. The number of aromatic nitrogens is 2. The highest BCUT2D eigenvalue weighted by molar-refractivity contribution is 5.76. The average molecular weight is 391 g/mol. The fraction of sp³-hybridized carbons (Fsp3) is 0.389.